The molecule has 72 valence electrons. The number of alkyl halides is 2. The Morgan fingerprint density at radius 3 is 2.86 bits per heavy atom. The highest BCUT2D eigenvalue weighted by molar-refractivity contribution is 5.95. The largest absolute Gasteiger partial charge is 0.345 e. The summed E-state index contributed by atoms with van der Waals surface area (Å²) in [5, 5.41) is 0. The lowest BCUT2D eigenvalue weighted by atomic mass is 10.1. The molecule has 3 nitrogen and oxygen atoms in total. The summed E-state index contributed by atoms with van der Waals surface area (Å²) in [7, 11) is 0. The van der Waals surface area contributed by atoms with Gasteiger partial charge in [0.1, 0.15) is 0 Å². The maximum atomic E-state index is 12.5. The van der Waals surface area contributed by atoms with Crippen LogP contribution < -0.4 is 0 Å². The van der Waals surface area contributed by atoms with Crippen molar-refractivity contribution in [3.8, 4) is 0 Å². The van der Waals surface area contributed by atoms with Crippen LogP contribution in [0.2, 0.25) is 0 Å². The van der Waals surface area contributed by atoms with Crippen LogP contribution in [-0.2, 0) is 0 Å². The van der Waals surface area contributed by atoms with Gasteiger partial charge in [0.15, 0.2) is 6.29 Å². The van der Waals surface area contributed by atoms with E-state index in [0.717, 1.165) is 0 Å². The summed E-state index contributed by atoms with van der Waals surface area (Å²) in [5.41, 5.74) is 0.549. The number of rotatable bonds is 2. The minimum absolute atomic E-state index is 0.0428. The van der Waals surface area contributed by atoms with E-state index >= 15 is 0 Å². The topological polar surface area (TPSA) is 45.8 Å². The summed E-state index contributed by atoms with van der Waals surface area (Å²) in [6, 6.07) is 2.71. The van der Waals surface area contributed by atoms with Crippen molar-refractivity contribution in [1.29, 1.82) is 0 Å². The van der Waals surface area contributed by atoms with Gasteiger partial charge < -0.3 is 4.98 Å². The molecule has 0 spiro atoms. The standard InChI is InChI=1S/C9H6F2N2O/c10-9(11)5-1-2-7-8(6(5)3-14)13-4-12-7/h1-4,9H,(H,12,13). The second-order valence-electron chi connectivity index (χ2n) is 2.79. The molecule has 2 aromatic rings. The minimum atomic E-state index is -2.66. The number of imidazole rings is 1. The third-order valence-electron chi connectivity index (χ3n) is 2.02. The van der Waals surface area contributed by atoms with E-state index < -0.39 is 6.43 Å². The number of halogens is 2. The van der Waals surface area contributed by atoms with E-state index in [9.17, 15) is 13.6 Å². The monoisotopic (exact) mass is 196 g/mol. The first-order valence-electron chi connectivity index (χ1n) is 3.93. The number of H-pyrrole nitrogens is 1. The first-order chi connectivity index (χ1) is 6.74. The molecule has 1 aromatic carbocycles. The molecule has 1 aromatic heterocycles. The number of hydrogen-bond donors (Lipinski definition) is 1. The van der Waals surface area contributed by atoms with E-state index in [0.29, 0.717) is 11.8 Å². The highest BCUT2D eigenvalue weighted by atomic mass is 19.3. The lowest BCUT2D eigenvalue weighted by Gasteiger charge is -2.02. The molecule has 1 heterocycles. The molecule has 5 heteroatoms. The molecule has 2 rings (SSSR count). The molecule has 0 bridgehead atoms. The summed E-state index contributed by atoms with van der Waals surface area (Å²) in [6.45, 7) is 0. The van der Waals surface area contributed by atoms with Crippen molar-refractivity contribution in [2.24, 2.45) is 0 Å². The second kappa shape index (κ2) is 3.17. The number of hydrogen-bond acceptors (Lipinski definition) is 2. The van der Waals surface area contributed by atoms with E-state index in [-0.39, 0.29) is 16.6 Å². The average Bonchev–Trinajstić information content (AvgIpc) is 2.63. The Balaban J connectivity index is 2.78. The van der Waals surface area contributed by atoms with Crippen LogP contribution >= 0.6 is 0 Å². The predicted molar refractivity (Wildman–Crippen MR) is 46.4 cm³/mol. The Labute approximate surface area is 77.8 Å². The number of aromatic nitrogens is 2. The molecule has 0 amide bonds. The third kappa shape index (κ3) is 1.17. The number of nitrogens with one attached hydrogen (secondary N) is 1. The Hall–Kier alpha value is -1.78. The zero-order valence-electron chi connectivity index (χ0n) is 7.00. The normalized spacial score (nSPS) is 11.1. The smallest absolute Gasteiger partial charge is 0.264 e. The van der Waals surface area contributed by atoms with Crippen LogP contribution in [0, 0.1) is 0 Å². The van der Waals surface area contributed by atoms with E-state index in [1.807, 2.05) is 0 Å². The van der Waals surface area contributed by atoms with Gasteiger partial charge in [-0.2, -0.15) is 0 Å². The Morgan fingerprint density at radius 1 is 1.43 bits per heavy atom. The van der Waals surface area contributed by atoms with E-state index in [2.05, 4.69) is 9.97 Å². The molecule has 0 aliphatic carbocycles. The van der Waals surface area contributed by atoms with Crippen LogP contribution in [0.5, 0.6) is 0 Å². The third-order valence-corrected chi connectivity index (χ3v) is 2.02. The molecule has 0 aliphatic heterocycles. The van der Waals surface area contributed by atoms with Crippen LogP contribution in [0.1, 0.15) is 22.3 Å². The lowest BCUT2D eigenvalue weighted by molar-refractivity contribution is 0.110. The van der Waals surface area contributed by atoms with Crippen molar-refractivity contribution in [3.63, 3.8) is 0 Å². The number of carbonyl (C=O) groups is 1. The summed E-state index contributed by atoms with van der Waals surface area (Å²) in [5.74, 6) is 0. The number of nitrogens with zero attached hydrogens (tertiary/aromatic N) is 1. The van der Waals surface area contributed by atoms with Gasteiger partial charge >= 0.3 is 0 Å². The quantitative estimate of drug-likeness (QED) is 0.749. The van der Waals surface area contributed by atoms with Gasteiger partial charge in [0, 0.05) is 5.56 Å². The van der Waals surface area contributed by atoms with E-state index in [1.54, 1.807) is 0 Å². The number of aromatic amines is 1. The van der Waals surface area contributed by atoms with Gasteiger partial charge in [0.2, 0.25) is 0 Å². The van der Waals surface area contributed by atoms with Crippen molar-refractivity contribution in [2.75, 3.05) is 0 Å². The van der Waals surface area contributed by atoms with Gasteiger partial charge in [-0.1, -0.05) is 6.07 Å². The second-order valence-corrected chi connectivity index (χ2v) is 2.79. The van der Waals surface area contributed by atoms with Crippen LogP contribution in [0.15, 0.2) is 18.5 Å². The van der Waals surface area contributed by atoms with Crippen molar-refractivity contribution >= 4 is 17.3 Å². The molecule has 0 radical (unpaired) electrons. The fourth-order valence-electron chi connectivity index (χ4n) is 1.36. The van der Waals surface area contributed by atoms with Crippen molar-refractivity contribution in [1.82, 2.24) is 9.97 Å². The maximum absolute atomic E-state index is 12.5. The number of aldehydes is 1. The molecular weight excluding hydrogens is 190 g/mol. The van der Waals surface area contributed by atoms with Gasteiger partial charge in [-0.15, -0.1) is 0 Å². The summed E-state index contributed by atoms with van der Waals surface area (Å²) >= 11 is 0. The number of benzene rings is 1. The SMILES string of the molecule is O=Cc1c(C(F)F)ccc2[nH]cnc12. The summed E-state index contributed by atoms with van der Waals surface area (Å²) in [4.78, 5) is 17.2. The summed E-state index contributed by atoms with van der Waals surface area (Å²) < 4.78 is 24.9. The van der Waals surface area contributed by atoms with Crippen molar-refractivity contribution in [2.45, 2.75) is 6.43 Å². The van der Waals surface area contributed by atoms with Gasteiger partial charge in [0.05, 0.1) is 22.9 Å². The first-order valence-corrected chi connectivity index (χ1v) is 3.93. The highest BCUT2D eigenvalue weighted by Crippen LogP contribution is 2.26. The van der Waals surface area contributed by atoms with Gasteiger partial charge in [0.25, 0.3) is 6.43 Å². The van der Waals surface area contributed by atoms with Gasteiger partial charge in [-0.3, -0.25) is 4.79 Å². The Bertz CT molecular complexity index is 479. The summed E-state index contributed by atoms with van der Waals surface area (Å²) in [6.07, 6.45) is -0.881. The molecule has 1 N–H and O–H groups in total. The molecule has 0 saturated carbocycles. The van der Waals surface area contributed by atoms with Crippen LogP contribution in [0.25, 0.3) is 11.0 Å². The average molecular weight is 196 g/mol. The van der Waals surface area contributed by atoms with E-state index in [1.165, 1.54) is 18.5 Å². The molecule has 0 unspecified atom stereocenters. The van der Waals surface area contributed by atoms with Crippen molar-refractivity contribution in [3.05, 3.63) is 29.6 Å². The molecular formula is C9H6F2N2O. The number of carbonyl (C=O) groups excluding carboxylic acids is 1. The van der Waals surface area contributed by atoms with E-state index in [4.69, 9.17) is 0 Å². The van der Waals surface area contributed by atoms with Gasteiger partial charge in [-0.25, -0.2) is 13.8 Å². The predicted octanol–water partition coefficient (Wildman–Crippen LogP) is 2.31. The zero-order chi connectivity index (χ0) is 10.1. The van der Waals surface area contributed by atoms with Gasteiger partial charge in [-0.05, 0) is 6.07 Å². The van der Waals surface area contributed by atoms with Crippen LogP contribution in [0.3, 0.4) is 0 Å². The molecule has 0 fully saturated rings. The van der Waals surface area contributed by atoms with Crippen LogP contribution in [-0.4, -0.2) is 16.3 Å². The molecule has 0 saturated heterocycles. The minimum Gasteiger partial charge on any atom is -0.345 e. The van der Waals surface area contributed by atoms with Crippen molar-refractivity contribution < 1.29 is 13.6 Å². The fraction of sp³-hybridized carbons (Fsp3) is 0.111. The molecule has 0 aliphatic rings. The first kappa shape index (κ1) is 8.80. The van der Waals surface area contributed by atoms with Crippen LogP contribution in [0.4, 0.5) is 8.78 Å². The Kier molecular flexibility index (Phi) is 1.99. The molecule has 0 atom stereocenters. The molecule has 14 heavy (non-hydrogen) atoms. The number of fused-ring (bicyclic) bond motifs is 1. The Morgan fingerprint density at radius 2 is 2.21 bits per heavy atom. The zero-order valence-corrected chi connectivity index (χ0v) is 7.00. The fourth-order valence-corrected chi connectivity index (χ4v) is 1.36. The lowest BCUT2D eigenvalue weighted by Crippen LogP contribution is -1.94. The highest BCUT2D eigenvalue weighted by Gasteiger charge is 2.16. The maximum Gasteiger partial charge on any atom is 0.264 e.